The average molecular weight is 252 g/mol. The SMILES string of the molecule is CCc1nc(CO)c2c(n1)OC(=O)CCC(=O)O2. The van der Waals surface area contributed by atoms with E-state index >= 15 is 0 Å². The Morgan fingerprint density at radius 1 is 1.17 bits per heavy atom. The Kier molecular flexibility index (Phi) is 3.52. The number of aliphatic hydroxyl groups is 1. The molecule has 1 aliphatic rings. The molecule has 1 aromatic heterocycles. The Morgan fingerprint density at radius 2 is 1.83 bits per heavy atom. The maximum atomic E-state index is 11.4. The summed E-state index contributed by atoms with van der Waals surface area (Å²) in [5.41, 5.74) is 0.139. The van der Waals surface area contributed by atoms with Crippen molar-refractivity contribution in [3.8, 4) is 11.6 Å². The molecule has 0 atom stereocenters. The fraction of sp³-hybridized carbons (Fsp3) is 0.455. The van der Waals surface area contributed by atoms with Crippen LogP contribution in [0.4, 0.5) is 0 Å². The lowest BCUT2D eigenvalue weighted by atomic mass is 10.3. The van der Waals surface area contributed by atoms with Crippen molar-refractivity contribution in [1.29, 1.82) is 0 Å². The second-order valence-corrected chi connectivity index (χ2v) is 3.68. The van der Waals surface area contributed by atoms with E-state index in [2.05, 4.69) is 9.97 Å². The minimum absolute atomic E-state index is 0.0573. The number of aliphatic hydroxyl groups excluding tert-OH is 1. The molecule has 0 bridgehead atoms. The van der Waals surface area contributed by atoms with Crippen molar-refractivity contribution in [1.82, 2.24) is 9.97 Å². The molecular formula is C11H12N2O5. The van der Waals surface area contributed by atoms with Gasteiger partial charge in [0.1, 0.15) is 11.5 Å². The number of rotatable bonds is 2. The minimum atomic E-state index is -0.574. The third kappa shape index (κ3) is 2.45. The maximum absolute atomic E-state index is 11.4. The molecule has 7 heteroatoms. The molecule has 2 rings (SSSR count). The molecule has 0 spiro atoms. The van der Waals surface area contributed by atoms with Crippen molar-refractivity contribution >= 4 is 11.9 Å². The number of aryl methyl sites for hydroxylation is 1. The van der Waals surface area contributed by atoms with E-state index in [4.69, 9.17) is 9.47 Å². The number of aromatic nitrogens is 2. The van der Waals surface area contributed by atoms with Gasteiger partial charge in [-0.25, -0.2) is 4.98 Å². The van der Waals surface area contributed by atoms with Crippen molar-refractivity contribution in [3.63, 3.8) is 0 Å². The van der Waals surface area contributed by atoms with Crippen molar-refractivity contribution in [2.45, 2.75) is 32.8 Å². The molecule has 1 N–H and O–H groups in total. The molecule has 0 saturated heterocycles. The molecule has 0 aromatic carbocycles. The Labute approximate surface area is 103 Å². The highest BCUT2D eigenvalue weighted by molar-refractivity contribution is 5.82. The zero-order valence-electron chi connectivity index (χ0n) is 9.80. The number of hydrogen-bond acceptors (Lipinski definition) is 7. The smallest absolute Gasteiger partial charge is 0.313 e. The van der Waals surface area contributed by atoms with Gasteiger partial charge in [0.15, 0.2) is 0 Å². The fourth-order valence-electron chi connectivity index (χ4n) is 1.49. The lowest BCUT2D eigenvalue weighted by Gasteiger charge is -2.15. The molecule has 18 heavy (non-hydrogen) atoms. The number of ether oxygens (including phenoxy) is 2. The van der Waals surface area contributed by atoms with Gasteiger partial charge in [0, 0.05) is 6.42 Å². The van der Waals surface area contributed by atoms with E-state index in [1.807, 2.05) is 6.92 Å². The normalized spacial score (nSPS) is 15.2. The molecule has 0 fully saturated rings. The largest absolute Gasteiger partial charge is 0.419 e. The summed E-state index contributed by atoms with van der Waals surface area (Å²) < 4.78 is 10.00. The highest BCUT2D eigenvalue weighted by atomic mass is 16.6. The summed E-state index contributed by atoms with van der Waals surface area (Å²) in [6.07, 6.45) is 0.378. The standard InChI is InChI=1S/C11H12N2O5/c1-2-7-12-6(5-14)10-11(13-7)18-9(16)4-3-8(15)17-10/h14H,2-5H2,1H3. The summed E-state index contributed by atoms with van der Waals surface area (Å²) in [5, 5.41) is 9.21. The lowest BCUT2D eigenvalue weighted by Crippen LogP contribution is -2.21. The van der Waals surface area contributed by atoms with Crippen LogP contribution in [0, 0.1) is 0 Å². The van der Waals surface area contributed by atoms with Crippen LogP contribution in [0.25, 0.3) is 0 Å². The second kappa shape index (κ2) is 5.09. The highest BCUT2D eigenvalue weighted by Gasteiger charge is 2.25. The van der Waals surface area contributed by atoms with Gasteiger partial charge in [-0.1, -0.05) is 6.92 Å². The summed E-state index contributed by atoms with van der Waals surface area (Å²) in [4.78, 5) is 30.8. The first-order valence-electron chi connectivity index (χ1n) is 5.56. The molecule has 1 aromatic rings. The number of fused-ring (bicyclic) bond motifs is 1. The molecule has 0 unspecified atom stereocenters. The maximum Gasteiger partial charge on any atom is 0.313 e. The van der Waals surface area contributed by atoms with Gasteiger partial charge < -0.3 is 14.6 Å². The van der Waals surface area contributed by atoms with E-state index in [0.717, 1.165) is 0 Å². The van der Waals surface area contributed by atoms with Crippen molar-refractivity contribution in [2.75, 3.05) is 0 Å². The number of hydrogen-bond donors (Lipinski definition) is 1. The number of nitrogens with zero attached hydrogens (tertiary/aromatic N) is 2. The number of esters is 2. The zero-order chi connectivity index (χ0) is 13.1. The molecule has 7 nitrogen and oxygen atoms in total. The van der Waals surface area contributed by atoms with Crippen LogP contribution in [0.5, 0.6) is 11.6 Å². The van der Waals surface area contributed by atoms with Gasteiger partial charge in [0.05, 0.1) is 19.4 Å². The molecule has 0 aliphatic carbocycles. The Morgan fingerprint density at radius 3 is 2.44 bits per heavy atom. The third-order valence-electron chi connectivity index (χ3n) is 2.38. The second-order valence-electron chi connectivity index (χ2n) is 3.68. The first-order chi connectivity index (χ1) is 8.63. The van der Waals surface area contributed by atoms with E-state index < -0.39 is 18.5 Å². The molecule has 0 radical (unpaired) electrons. The first kappa shape index (κ1) is 12.4. The third-order valence-corrected chi connectivity index (χ3v) is 2.38. The molecular weight excluding hydrogens is 240 g/mol. The van der Waals surface area contributed by atoms with Gasteiger partial charge >= 0.3 is 11.9 Å². The Bertz CT molecular complexity index is 500. The van der Waals surface area contributed by atoms with E-state index in [1.54, 1.807) is 0 Å². The quantitative estimate of drug-likeness (QED) is 0.747. The van der Waals surface area contributed by atoms with Crippen LogP contribution in [0.2, 0.25) is 0 Å². The topological polar surface area (TPSA) is 98.6 Å². The first-order valence-corrected chi connectivity index (χ1v) is 5.56. The Balaban J connectivity index is 2.52. The summed E-state index contributed by atoms with van der Waals surface area (Å²) in [7, 11) is 0. The monoisotopic (exact) mass is 252 g/mol. The molecule has 2 heterocycles. The van der Waals surface area contributed by atoms with Crippen LogP contribution in [0.3, 0.4) is 0 Å². The predicted molar refractivity (Wildman–Crippen MR) is 57.8 cm³/mol. The molecule has 0 amide bonds. The van der Waals surface area contributed by atoms with Crippen molar-refractivity contribution in [2.24, 2.45) is 0 Å². The van der Waals surface area contributed by atoms with Crippen LogP contribution >= 0.6 is 0 Å². The molecule has 96 valence electrons. The Hall–Kier alpha value is -2.02. The van der Waals surface area contributed by atoms with E-state index in [1.165, 1.54) is 0 Å². The molecule has 1 aliphatic heterocycles. The van der Waals surface area contributed by atoms with E-state index in [9.17, 15) is 14.7 Å². The average Bonchev–Trinajstić information content (AvgIpc) is 2.36. The van der Waals surface area contributed by atoms with Gasteiger partial charge in [0.2, 0.25) is 5.75 Å². The molecule has 0 saturated carbocycles. The van der Waals surface area contributed by atoms with Crippen LogP contribution in [-0.2, 0) is 22.6 Å². The van der Waals surface area contributed by atoms with Crippen LogP contribution in [0.1, 0.15) is 31.3 Å². The zero-order valence-corrected chi connectivity index (χ0v) is 9.80. The van der Waals surface area contributed by atoms with Gasteiger partial charge in [-0.05, 0) is 0 Å². The van der Waals surface area contributed by atoms with Gasteiger partial charge in [-0.2, -0.15) is 4.98 Å². The number of carbonyl (C=O) groups excluding carboxylic acids is 2. The van der Waals surface area contributed by atoms with E-state index in [0.29, 0.717) is 12.2 Å². The minimum Gasteiger partial charge on any atom is -0.419 e. The van der Waals surface area contributed by atoms with Crippen LogP contribution in [-0.4, -0.2) is 27.0 Å². The summed E-state index contributed by atoms with van der Waals surface area (Å²) in [6.45, 7) is 1.39. The number of carbonyl (C=O) groups is 2. The summed E-state index contributed by atoms with van der Waals surface area (Å²) >= 11 is 0. The summed E-state index contributed by atoms with van der Waals surface area (Å²) in [6, 6.07) is 0. The lowest BCUT2D eigenvalue weighted by molar-refractivity contribution is -0.143. The van der Waals surface area contributed by atoms with Crippen LogP contribution in [0.15, 0.2) is 0 Å². The van der Waals surface area contributed by atoms with Gasteiger partial charge in [-0.3, -0.25) is 9.59 Å². The van der Waals surface area contributed by atoms with Crippen LogP contribution < -0.4 is 9.47 Å². The van der Waals surface area contributed by atoms with Crippen molar-refractivity contribution < 1.29 is 24.2 Å². The predicted octanol–water partition coefficient (Wildman–Crippen LogP) is 0.136. The van der Waals surface area contributed by atoms with E-state index in [-0.39, 0.29) is 30.2 Å². The fourth-order valence-corrected chi connectivity index (χ4v) is 1.49. The summed E-state index contributed by atoms with van der Waals surface area (Å²) in [5.74, 6) is -0.910. The van der Waals surface area contributed by atoms with Crippen molar-refractivity contribution in [3.05, 3.63) is 11.5 Å². The van der Waals surface area contributed by atoms with Gasteiger partial charge in [0.25, 0.3) is 5.88 Å². The van der Waals surface area contributed by atoms with Gasteiger partial charge in [-0.15, -0.1) is 0 Å². The highest BCUT2D eigenvalue weighted by Crippen LogP contribution is 2.30.